The van der Waals surface area contributed by atoms with Crippen LogP contribution in [-0.2, 0) is 23.7 Å². The zero-order valence-corrected chi connectivity index (χ0v) is 12.1. The van der Waals surface area contributed by atoms with Crippen LogP contribution in [0, 0.1) is 5.92 Å². The summed E-state index contributed by atoms with van der Waals surface area (Å²) in [4.78, 5) is 0. The molecule has 0 N–H and O–H groups in total. The van der Waals surface area contributed by atoms with Crippen LogP contribution in [0.25, 0.3) is 0 Å². The lowest BCUT2D eigenvalue weighted by Gasteiger charge is -2.09. The molecule has 0 amide bonds. The molecule has 0 aromatic rings. The van der Waals surface area contributed by atoms with Gasteiger partial charge in [-0.3, -0.25) is 0 Å². The molecule has 110 valence electrons. The van der Waals surface area contributed by atoms with Gasteiger partial charge in [-0.2, -0.15) is 0 Å². The molecule has 5 heteroatoms. The smallest absolute Gasteiger partial charge is 0.152 e. The van der Waals surface area contributed by atoms with Crippen molar-refractivity contribution in [1.29, 1.82) is 0 Å². The fraction of sp³-hybridized carbons (Fsp3) is 1.00. The van der Waals surface area contributed by atoms with Crippen LogP contribution in [0.3, 0.4) is 0 Å². The molecule has 0 fully saturated rings. The van der Waals surface area contributed by atoms with E-state index in [9.17, 15) is 0 Å². The summed E-state index contributed by atoms with van der Waals surface area (Å²) >= 11 is 0. The predicted octanol–water partition coefficient (Wildman–Crippen LogP) is 2.40. The second-order valence-corrected chi connectivity index (χ2v) is 4.68. The van der Waals surface area contributed by atoms with Gasteiger partial charge in [-0.1, -0.05) is 13.8 Å². The van der Waals surface area contributed by atoms with Crippen molar-refractivity contribution in [2.45, 2.75) is 40.2 Å². The second-order valence-electron chi connectivity index (χ2n) is 4.68. The van der Waals surface area contributed by atoms with Gasteiger partial charge in [-0.05, 0) is 26.2 Å². The van der Waals surface area contributed by atoms with Gasteiger partial charge in [0.25, 0.3) is 0 Å². The minimum Gasteiger partial charge on any atom is -0.379 e. The van der Waals surface area contributed by atoms with Crippen LogP contribution in [0.2, 0.25) is 0 Å². The first-order chi connectivity index (χ1) is 8.63. The Morgan fingerprint density at radius 3 is 1.94 bits per heavy atom. The van der Waals surface area contributed by atoms with Gasteiger partial charge in [-0.15, -0.1) is 0 Å². The van der Waals surface area contributed by atoms with Gasteiger partial charge >= 0.3 is 0 Å². The van der Waals surface area contributed by atoms with E-state index in [4.69, 9.17) is 23.7 Å². The van der Waals surface area contributed by atoms with Gasteiger partial charge in [0.05, 0.1) is 19.3 Å². The topological polar surface area (TPSA) is 46.2 Å². The van der Waals surface area contributed by atoms with Crippen LogP contribution in [0.5, 0.6) is 0 Å². The maximum absolute atomic E-state index is 5.38. The summed E-state index contributed by atoms with van der Waals surface area (Å²) in [5.41, 5.74) is 0. The highest BCUT2D eigenvalue weighted by Crippen LogP contribution is 1.98. The summed E-state index contributed by atoms with van der Waals surface area (Å²) in [6.45, 7) is 10.8. The summed E-state index contributed by atoms with van der Waals surface area (Å²) in [6.07, 6.45) is 1.25. The number of hydrogen-bond acceptors (Lipinski definition) is 5. The third kappa shape index (κ3) is 15.8. The van der Waals surface area contributed by atoms with Crippen molar-refractivity contribution < 1.29 is 23.7 Å². The highest BCUT2D eigenvalue weighted by atomic mass is 16.8. The molecule has 0 aromatic carbocycles. The molecule has 0 aliphatic carbocycles. The van der Waals surface area contributed by atoms with E-state index < -0.39 is 0 Å². The number of hydrogen-bond donors (Lipinski definition) is 0. The van der Waals surface area contributed by atoms with E-state index in [0.717, 1.165) is 13.0 Å². The van der Waals surface area contributed by atoms with Gasteiger partial charge in [0.1, 0.15) is 13.6 Å². The Labute approximate surface area is 111 Å². The van der Waals surface area contributed by atoms with E-state index in [0.29, 0.717) is 19.1 Å². The van der Waals surface area contributed by atoms with Crippen molar-refractivity contribution in [2.24, 2.45) is 5.92 Å². The lowest BCUT2D eigenvalue weighted by Crippen LogP contribution is -2.12. The molecule has 0 spiro atoms. The van der Waals surface area contributed by atoms with Crippen LogP contribution in [0.15, 0.2) is 0 Å². The Balaban J connectivity index is 2.95. The largest absolute Gasteiger partial charge is 0.379 e. The van der Waals surface area contributed by atoms with Gasteiger partial charge in [0.2, 0.25) is 0 Å². The maximum Gasteiger partial charge on any atom is 0.152 e. The molecular formula is C13H28O5. The van der Waals surface area contributed by atoms with E-state index in [-0.39, 0.29) is 26.5 Å². The van der Waals surface area contributed by atoms with E-state index >= 15 is 0 Å². The third-order valence-corrected chi connectivity index (χ3v) is 2.03. The average molecular weight is 264 g/mol. The molecule has 0 rings (SSSR count). The van der Waals surface area contributed by atoms with Gasteiger partial charge in [0.15, 0.2) is 6.79 Å². The van der Waals surface area contributed by atoms with Crippen molar-refractivity contribution in [3.8, 4) is 0 Å². The Hall–Kier alpha value is -0.200. The average Bonchev–Trinajstić information content (AvgIpc) is 2.29. The zero-order valence-electron chi connectivity index (χ0n) is 12.1. The van der Waals surface area contributed by atoms with Crippen molar-refractivity contribution in [1.82, 2.24) is 0 Å². The first kappa shape index (κ1) is 17.8. The standard InChI is InChI=1S/C13H28O5/c1-12(2)5-6-14-7-8-15-9-16-10-17-11-18-13(3)4/h12-13H,5-11H2,1-4H3. The predicted molar refractivity (Wildman–Crippen MR) is 69.2 cm³/mol. The molecular weight excluding hydrogens is 236 g/mol. The van der Waals surface area contributed by atoms with Crippen molar-refractivity contribution in [3.63, 3.8) is 0 Å². The molecule has 0 bridgehead atoms. The van der Waals surface area contributed by atoms with Crippen LogP contribution in [0.4, 0.5) is 0 Å². The summed E-state index contributed by atoms with van der Waals surface area (Å²) in [5.74, 6) is 0.680. The molecule has 5 nitrogen and oxygen atoms in total. The molecule has 0 aromatic heterocycles. The van der Waals surface area contributed by atoms with Gasteiger partial charge in [0, 0.05) is 6.61 Å². The quantitative estimate of drug-likeness (QED) is 0.377. The molecule has 0 aliphatic rings. The van der Waals surface area contributed by atoms with Gasteiger partial charge < -0.3 is 23.7 Å². The summed E-state index contributed by atoms with van der Waals surface area (Å²) in [6, 6.07) is 0. The summed E-state index contributed by atoms with van der Waals surface area (Å²) in [5, 5.41) is 0. The monoisotopic (exact) mass is 264 g/mol. The molecule has 0 saturated carbocycles. The number of ether oxygens (including phenoxy) is 5. The first-order valence-electron chi connectivity index (χ1n) is 6.55. The minimum absolute atomic E-state index is 0.171. The lowest BCUT2D eigenvalue weighted by atomic mass is 10.1. The van der Waals surface area contributed by atoms with Crippen LogP contribution in [-0.4, -0.2) is 46.3 Å². The van der Waals surface area contributed by atoms with Crippen molar-refractivity contribution >= 4 is 0 Å². The Morgan fingerprint density at radius 1 is 0.667 bits per heavy atom. The molecule has 0 unspecified atom stereocenters. The number of rotatable bonds is 13. The molecule has 18 heavy (non-hydrogen) atoms. The third-order valence-electron chi connectivity index (χ3n) is 2.03. The lowest BCUT2D eigenvalue weighted by molar-refractivity contribution is -0.179. The Morgan fingerprint density at radius 2 is 1.28 bits per heavy atom. The van der Waals surface area contributed by atoms with E-state index in [1.54, 1.807) is 0 Å². The van der Waals surface area contributed by atoms with Gasteiger partial charge in [-0.25, -0.2) is 0 Å². The summed E-state index contributed by atoms with van der Waals surface area (Å²) < 4.78 is 25.9. The maximum atomic E-state index is 5.38. The molecule has 0 heterocycles. The zero-order chi connectivity index (χ0) is 13.6. The molecule has 0 saturated heterocycles. The van der Waals surface area contributed by atoms with E-state index in [1.165, 1.54) is 0 Å². The normalized spacial score (nSPS) is 11.7. The fourth-order valence-electron chi connectivity index (χ4n) is 0.968. The Kier molecular flexibility index (Phi) is 13.1. The molecule has 0 aliphatic heterocycles. The SMILES string of the molecule is CC(C)CCOCCOCOCOCOC(C)C. The molecule has 0 atom stereocenters. The van der Waals surface area contributed by atoms with Crippen LogP contribution >= 0.6 is 0 Å². The fourth-order valence-corrected chi connectivity index (χ4v) is 0.968. The van der Waals surface area contributed by atoms with Crippen molar-refractivity contribution in [3.05, 3.63) is 0 Å². The summed E-state index contributed by atoms with van der Waals surface area (Å²) in [7, 11) is 0. The highest BCUT2D eigenvalue weighted by molar-refractivity contribution is 4.42. The minimum atomic E-state index is 0.171. The van der Waals surface area contributed by atoms with Crippen LogP contribution in [0.1, 0.15) is 34.1 Å². The highest BCUT2D eigenvalue weighted by Gasteiger charge is 1.95. The second kappa shape index (κ2) is 13.2. The van der Waals surface area contributed by atoms with Crippen molar-refractivity contribution in [2.75, 3.05) is 40.2 Å². The van der Waals surface area contributed by atoms with E-state index in [2.05, 4.69) is 13.8 Å². The molecule has 0 radical (unpaired) electrons. The first-order valence-corrected chi connectivity index (χ1v) is 6.55. The van der Waals surface area contributed by atoms with Crippen LogP contribution < -0.4 is 0 Å². The Bertz CT molecular complexity index is 143. The van der Waals surface area contributed by atoms with E-state index in [1.807, 2.05) is 13.8 Å².